The Kier molecular flexibility index (Phi) is 3.89. The van der Waals surface area contributed by atoms with Gasteiger partial charge in [-0.2, -0.15) is 0 Å². The second-order valence-electron chi connectivity index (χ2n) is 4.14. The molecule has 1 aromatic carbocycles. The average molecular weight is 266 g/mol. The van der Waals surface area contributed by atoms with E-state index in [2.05, 4.69) is 9.97 Å². The van der Waals surface area contributed by atoms with Crippen molar-refractivity contribution in [2.45, 2.75) is 19.4 Å². The molecule has 0 aliphatic carbocycles. The van der Waals surface area contributed by atoms with Gasteiger partial charge in [-0.15, -0.1) is 0 Å². The Labute approximate surface area is 110 Å². The van der Waals surface area contributed by atoms with Gasteiger partial charge in [0.15, 0.2) is 0 Å². The molecule has 2 rings (SSSR count). The Balaban J connectivity index is 2.18. The SMILES string of the molecule is Cc1cnc(C(N)Cc2cccc(F)c2Cl)nc1. The van der Waals surface area contributed by atoms with Crippen molar-refractivity contribution in [3.8, 4) is 0 Å². The van der Waals surface area contributed by atoms with Crippen LogP contribution >= 0.6 is 11.6 Å². The van der Waals surface area contributed by atoms with Crippen molar-refractivity contribution in [2.24, 2.45) is 5.73 Å². The van der Waals surface area contributed by atoms with E-state index in [4.69, 9.17) is 17.3 Å². The van der Waals surface area contributed by atoms with Crippen LogP contribution < -0.4 is 5.73 Å². The van der Waals surface area contributed by atoms with Crippen LogP contribution in [0.25, 0.3) is 0 Å². The van der Waals surface area contributed by atoms with Crippen molar-refractivity contribution in [3.63, 3.8) is 0 Å². The maximum atomic E-state index is 13.3. The minimum Gasteiger partial charge on any atom is -0.321 e. The van der Waals surface area contributed by atoms with Gasteiger partial charge in [-0.25, -0.2) is 14.4 Å². The van der Waals surface area contributed by atoms with Crippen molar-refractivity contribution < 1.29 is 4.39 Å². The standard InChI is InChI=1S/C13H13ClFN3/c1-8-6-17-13(18-7-8)11(16)5-9-3-2-4-10(15)12(9)14/h2-4,6-7,11H,5,16H2,1H3. The number of nitrogens with zero attached hydrogens (tertiary/aromatic N) is 2. The summed E-state index contributed by atoms with van der Waals surface area (Å²) in [5.41, 5.74) is 7.62. The van der Waals surface area contributed by atoms with E-state index in [0.717, 1.165) is 5.56 Å². The van der Waals surface area contributed by atoms with Crippen LogP contribution in [-0.4, -0.2) is 9.97 Å². The lowest BCUT2D eigenvalue weighted by Crippen LogP contribution is -2.17. The third-order valence-electron chi connectivity index (χ3n) is 2.60. The molecule has 1 aromatic heterocycles. The van der Waals surface area contributed by atoms with Gasteiger partial charge in [0.2, 0.25) is 0 Å². The van der Waals surface area contributed by atoms with Gasteiger partial charge in [0.05, 0.1) is 11.1 Å². The molecule has 0 aliphatic heterocycles. The zero-order chi connectivity index (χ0) is 13.1. The molecule has 18 heavy (non-hydrogen) atoms. The first-order valence-electron chi connectivity index (χ1n) is 5.55. The summed E-state index contributed by atoms with van der Waals surface area (Å²) in [6.07, 6.45) is 3.81. The van der Waals surface area contributed by atoms with Crippen molar-refractivity contribution in [1.29, 1.82) is 0 Å². The number of nitrogens with two attached hydrogens (primary N) is 1. The molecular weight excluding hydrogens is 253 g/mol. The summed E-state index contributed by atoms with van der Waals surface area (Å²) >= 11 is 5.88. The lowest BCUT2D eigenvalue weighted by atomic mass is 10.1. The lowest BCUT2D eigenvalue weighted by Gasteiger charge is -2.11. The molecule has 2 aromatic rings. The number of aryl methyl sites for hydroxylation is 1. The minimum absolute atomic E-state index is 0.111. The molecule has 94 valence electrons. The van der Waals surface area contributed by atoms with Crippen LogP contribution in [0, 0.1) is 12.7 Å². The summed E-state index contributed by atoms with van der Waals surface area (Å²) in [5.74, 6) is 0.0899. The molecule has 0 saturated heterocycles. The van der Waals surface area contributed by atoms with Crippen LogP contribution in [0.3, 0.4) is 0 Å². The second-order valence-corrected chi connectivity index (χ2v) is 4.52. The van der Waals surface area contributed by atoms with Crippen LogP contribution in [-0.2, 0) is 6.42 Å². The van der Waals surface area contributed by atoms with E-state index in [1.807, 2.05) is 6.92 Å². The van der Waals surface area contributed by atoms with Crippen molar-refractivity contribution in [2.75, 3.05) is 0 Å². The molecule has 1 unspecified atom stereocenters. The second kappa shape index (κ2) is 5.42. The average Bonchev–Trinajstić information content (AvgIpc) is 2.36. The van der Waals surface area contributed by atoms with E-state index in [1.165, 1.54) is 6.07 Å². The molecule has 0 spiro atoms. The van der Waals surface area contributed by atoms with Crippen LogP contribution in [0.5, 0.6) is 0 Å². The monoisotopic (exact) mass is 265 g/mol. The van der Waals surface area contributed by atoms with E-state index in [-0.39, 0.29) is 5.02 Å². The molecule has 0 saturated carbocycles. The highest BCUT2D eigenvalue weighted by Gasteiger charge is 2.13. The van der Waals surface area contributed by atoms with Gasteiger partial charge in [0, 0.05) is 12.4 Å². The predicted octanol–water partition coefficient (Wildman–Crippen LogP) is 2.82. The van der Waals surface area contributed by atoms with Crippen LogP contribution in [0.2, 0.25) is 5.02 Å². The first kappa shape index (κ1) is 12.9. The number of benzene rings is 1. The van der Waals surface area contributed by atoms with Gasteiger partial charge in [-0.3, -0.25) is 0 Å². The smallest absolute Gasteiger partial charge is 0.145 e. The highest BCUT2D eigenvalue weighted by molar-refractivity contribution is 6.31. The molecule has 3 nitrogen and oxygen atoms in total. The van der Waals surface area contributed by atoms with Gasteiger partial charge in [-0.1, -0.05) is 23.7 Å². The highest BCUT2D eigenvalue weighted by Crippen LogP contribution is 2.23. The lowest BCUT2D eigenvalue weighted by molar-refractivity contribution is 0.618. The summed E-state index contributed by atoms with van der Waals surface area (Å²) in [5, 5.41) is 0.111. The fraction of sp³-hybridized carbons (Fsp3) is 0.231. The number of rotatable bonds is 3. The van der Waals surface area contributed by atoms with Gasteiger partial charge < -0.3 is 5.73 Å². The van der Waals surface area contributed by atoms with Crippen LogP contribution in [0.1, 0.15) is 23.0 Å². The maximum absolute atomic E-state index is 13.3. The Bertz CT molecular complexity index is 542. The van der Waals surface area contributed by atoms with Gasteiger partial charge in [0.25, 0.3) is 0 Å². The molecule has 5 heteroatoms. The van der Waals surface area contributed by atoms with Crippen molar-refractivity contribution in [1.82, 2.24) is 9.97 Å². The molecule has 0 amide bonds. The topological polar surface area (TPSA) is 51.8 Å². The van der Waals surface area contributed by atoms with E-state index in [1.54, 1.807) is 24.5 Å². The molecule has 1 heterocycles. The Morgan fingerprint density at radius 2 is 2.00 bits per heavy atom. The number of halogens is 2. The maximum Gasteiger partial charge on any atom is 0.145 e. The summed E-state index contributed by atoms with van der Waals surface area (Å²) in [6, 6.07) is 4.28. The van der Waals surface area contributed by atoms with Crippen molar-refractivity contribution >= 4 is 11.6 Å². The fourth-order valence-electron chi connectivity index (χ4n) is 1.63. The zero-order valence-corrected chi connectivity index (χ0v) is 10.7. The zero-order valence-electron chi connectivity index (χ0n) is 9.90. The third-order valence-corrected chi connectivity index (χ3v) is 3.03. The first-order chi connectivity index (χ1) is 8.58. The number of hydrogen-bond donors (Lipinski definition) is 1. The molecule has 0 fully saturated rings. The minimum atomic E-state index is -0.439. The third kappa shape index (κ3) is 2.83. The normalized spacial score (nSPS) is 12.4. The molecular formula is C13H13ClFN3. The van der Waals surface area contributed by atoms with Crippen LogP contribution in [0.4, 0.5) is 4.39 Å². The number of aromatic nitrogens is 2. The van der Waals surface area contributed by atoms with Crippen LogP contribution in [0.15, 0.2) is 30.6 Å². The summed E-state index contributed by atoms with van der Waals surface area (Å²) < 4.78 is 13.3. The first-order valence-corrected chi connectivity index (χ1v) is 5.92. The van der Waals surface area contributed by atoms with E-state index in [9.17, 15) is 4.39 Å². The summed E-state index contributed by atoms with van der Waals surface area (Å²) in [7, 11) is 0. The highest BCUT2D eigenvalue weighted by atomic mass is 35.5. The van der Waals surface area contributed by atoms with E-state index in [0.29, 0.717) is 17.8 Å². The molecule has 2 N–H and O–H groups in total. The quantitative estimate of drug-likeness (QED) is 0.928. The molecule has 0 radical (unpaired) electrons. The largest absolute Gasteiger partial charge is 0.321 e. The summed E-state index contributed by atoms with van der Waals surface area (Å²) in [4.78, 5) is 8.31. The predicted molar refractivity (Wildman–Crippen MR) is 68.8 cm³/mol. The van der Waals surface area contributed by atoms with Gasteiger partial charge >= 0.3 is 0 Å². The fourth-order valence-corrected chi connectivity index (χ4v) is 1.83. The van der Waals surface area contributed by atoms with E-state index < -0.39 is 11.9 Å². The van der Waals surface area contributed by atoms with E-state index >= 15 is 0 Å². The number of hydrogen-bond acceptors (Lipinski definition) is 3. The molecule has 0 aliphatic rings. The molecule has 0 bridgehead atoms. The van der Waals surface area contributed by atoms with Crippen molar-refractivity contribution in [3.05, 3.63) is 58.4 Å². The Morgan fingerprint density at radius 1 is 1.33 bits per heavy atom. The van der Waals surface area contributed by atoms with Gasteiger partial charge in [0.1, 0.15) is 11.6 Å². The Morgan fingerprint density at radius 3 is 2.67 bits per heavy atom. The Hall–Kier alpha value is -1.52. The summed E-state index contributed by atoms with van der Waals surface area (Å²) in [6.45, 7) is 1.90. The molecule has 1 atom stereocenters. The van der Waals surface area contributed by atoms with Gasteiger partial charge in [-0.05, 0) is 30.5 Å².